The quantitative estimate of drug-likeness (QED) is 0.389. The lowest BCUT2D eigenvalue weighted by Crippen LogP contribution is -2.14. The minimum Gasteiger partial charge on any atom is -0.496 e. The van der Waals surface area contributed by atoms with E-state index in [1.54, 1.807) is 5.38 Å². The van der Waals surface area contributed by atoms with E-state index < -0.39 is 32.5 Å². The van der Waals surface area contributed by atoms with Gasteiger partial charge in [0.2, 0.25) is 0 Å². The van der Waals surface area contributed by atoms with Crippen LogP contribution in [0, 0.1) is 5.82 Å². The highest BCUT2D eigenvalue weighted by Gasteiger charge is 2.31. The lowest BCUT2D eigenvalue weighted by atomic mass is 9.99. The fraction of sp³-hybridized carbons (Fsp3) is 0.100. The zero-order valence-corrected chi connectivity index (χ0v) is 17.8. The maximum atomic E-state index is 14.9. The van der Waals surface area contributed by atoms with Crippen molar-refractivity contribution in [1.29, 1.82) is 0 Å². The third-order valence-corrected chi connectivity index (χ3v) is 6.73. The molecule has 0 unspecified atom stereocenters. The second-order valence-corrected chi connectivity index (χ2v) is 9.06. The molecular formula is C20H13F4N3O3S2. The highest BCUT2D eigenvalue weighted by molar-refractivity contribution is 7.93. The van der Waals surface area contributed by atoms with E-state index in [0.29, 0.717) is 5.56 Å². The number of benzene rings is 2. The van der Waals surface area contributed by atoms with Gasteiger partial charge in [0.1, 0.15) is 16.5 Å². The molecule has 0 fully saturated rings. The number of hydrogen-bond acceptors (Lipinski definition) is 6. The molecule has 166 valence electrons. The van der Waals surface area contributed by atoms with Crippen molar-refractivity contribution in [2.75, 3.05) is 11.8 Å². The summed E-state index contributed by atoms with van der Waals surface area (Å²) in [6, 6.07) is 6.45. The summed E-state index contributed by atoms with van der Waals surface area (Å²) in [6.45, 7) is 0. The molecular weight excluding hydrogens is 470 g/mol. The van der Waals surface area contributed by atoms with Gasteiger partial charge in [-0.25, -0.2) is 17.8 Å². The van der Waals surface area contributed by atoms with E-state index in [-0.39, 0.29) is 27.3 Å². The summed E-state index contributed by atoms with van der Waals surface area (Å²) in [5, 5.41) is 1.83. The molecule has 0 aliphatic rings. The van der Waals surface area contributed by atoms with E-state index in [2.05, 4.69) is 14.7 Å². The number of ether oxygens (including phenoxy) is 1. The predicted octanol–water partition coefficient (Wildman–Crippen LogP) is 5.33. The molecule has 4 rings (SSSR count). The summed E-state index contributed by atoms with van der Waals surface area (Å²) in [4.78, 5) is 7.28. The van der Waals surface area contributed by atoms with E-state index >= 15 is 0 Å². The molecule has 2 heterocycles. The Morgan fingerprint density at radius 3 is 2.47 bits per heavy atom. The van der Waals surface area contributed by atoms with Gasteiger partial charge in [0.15, 0.2) is 5.13 Å². The topological polar surface area (TPSA) is 81.2 Å². The highest BCUT2D eigenvalue weighted by atomic mass is 32.2. The third-order valence-electron chi connectivity index (χ3n) is 4.56. The van der Waals surface area contributed by atoms with Gasteiger partial charge >= 0.3 is 6.18 Å². The molecule has 1 N–H and O–H groups in total. The number of pyridine rings is 1. The van der Waals surface area contributed by atoms with Crippen LogP contribution in [0.4, 0.5) is 22.7 Å². The zero-order valence-electron chi connectivity index (χ0n) is 16.1. The molecule has 2 aromatic carbocycles. The molecule has 0 atom stereocenters. The first-order chi connectivity index (χ1) is 15.1. The van der Waals surface area contributed by atoms with Gasteiger partial charge in [0, 0.05) is 28.7 Å². The van der Waals surface area contributed by atoms with Gasteiger partial charge in [-0.3, -0.25) is 9.71 Å². The van der Waals surface area contributed by atoms with Crippen molar-refractivity contribution >= 4 is 37.4 Å². The first-order valence-electron chi connectivity index (χ1n) is 8.86. The molecule has 2 aromatic heterocycles. The lowest BCUT2D eigenvalue weighted by Gasteiger charge is -2.15. The highest BCUT2D eigenvalue weighted by Crippen LogP contribution is 2.39. The van der Waals surface area contributed by atoms with Crippen molar-refractivity contribution in [1.82, 2.24) is 9.97 Å². The number of fused-ring (bicyclic) bond motifs is 1. The Kier molecular flexibility index (Phi) is 5.51. The van der Waals surface area contributed by atoms with E-state index in [4.69, 9.17) is 4.74 Å². The number of rotatable bonds is 5. The van der Waals surface area contributed by atoms with Crippen LogP contribution in [0.15, 0.2) is 59.1 Å². The van der Waals surface area contributed by atoms with Gasteiger partial charge in [-0.2, -0.15) is 13.2 Å². The summed E-state index contributed by atoms with van der Waals surface area (Å²) in [7, 11) is -3.06. The fourth-order valence-corrected chi connectivity index (χ4v) is 4.99. The molecule has 0 radical (unpaired) electrons. The third kappa shape index (κ3) is 4.10. The Balaban J connectivity index is 1.85. The molecule has 0 saturated heterocycles. The monoisotopic (exact) mass is 483 g/mol. The normalized spacial score (nSPS) is 12.2. The van der Waals surface area contributed by atoms with Gasteiger partial charge in [-0.15, -0.1) is 11.3 Å². The van der Waals surface area contributed by atoms with Crippen molar-refractivity contribution in [3.8, 4) is 16.9 Å². The summed E-state index contributed by atoms with van der Waals surface area (Å²) in [5.41, 5.74) is -0.172. The van der Waals surface area contributed by atoms with Crippen molar-refractivity contribution < 1.29 is 30.7 Å². The maximum absolute atomic E-state index is 14.9. The van der Waals surface area contributed by atoms with Crippen LogP contribution >= 0.6 is 11.3 Å². The molecule has 0 aliphatic carbocycles. The molecule has 6 nitrogen and oxygen atoms in total. The van der Waals surface area contributed by atoms with E-state index in [1.165, 1.54) is 31.6 Å². The maximum Gasteiger partial charge on any atom is 0.416 e. The van der Waals surface area contributed by atoms with Crippen LogP contribution in [-0.2, 0) is 16.2 Å². The summed E-state index contributed by atoms with van der Waals surface area (Å²) in [6.07, 6.45) is -1.83. The molecule has 0 amide bonds. The van der Waals surface area contributed by atoms with E-state index in [9.17, 15) is 26.0 Å². The molecule has 12 heteroatoms. The van der Waals surface area contributed by atoms with Gasteiger partial charge in [0.25, 0.3) is 10.0 Å². The number of halogens is 4. The average Bonchev–Trinajstić information content (AvgIpc) is 3.24. The minimum absolute atomic E-state index is 0.0701. The van der Waals surface area contributed by atoms with Crippen LogP contribution in [0.2, 0.25) is 0 Å². The number of alkyl halides is 3. The Bertz CT molecular complexity index is 1410. The molecule has 0 spiro atoms. The summed E-state index contributed by atoms with van der Waals surface area (Å²) < 4.78 is 86.6. The fourth-order valence-electron chi connectivity index (χ4n) is 3.12. The molecule has 0 aliphatic heterocycles. The van der Waals surface area contributed by atoms with Crippen molar-refractivity contribution in [3.05, 3.63) is 65.6 Å². The first-order valence-corrected chi connectivity index (χ1v) is 11.2. The Labute approximate surface area is 183 Å². The van der Waals surface area contributed by atoms with E-state index in [0.717, 1.165) is 35.6 Å². The SMILES string of the molecule is COc1cc(C(F)(F)F)ccc1-c1ccnc2cc(S(=O)(=O)Nc3nccs3)c(F)cc12. The second-order valence-electron chi connectivity index (χ2n) is 6.51. The van der Waals surface area contributed by atoms with E-state index in [1.807, 2.05) is 0 Å². The number of methoxy groups -OCH3 is 1. The molecule has 4 aromatic rings. The van der Waals surface area contributed by atoms with Crippen LogP contribution in [-0.4, -0.2) is 25.5 Å². The van der Waals surface area contributed by atoms with Gasteiger partial charge in [0.05, 0.1) is 18.2 Å². The minimum atomic E-state index is -4.56. The van der Waals surface area contributed by atoms with Crippen molar-refractivity contribution in [2.45, 2.75) is 11.1 Å². The number of aromatic nitrogens is 2. The predicted molar refractivity (Wildman–Crippen MR) is 112 cm³/mol. The number of sulfonamides is 1. The van der Waals surface area contributed by atoms with Gasteiger partial charge in [-0.05, 0) is 35.9 Å². The molecule has 32 heavy (non-hydrogen) atoms. The summed E-state index contributed by atoms with van der Waals surface area (Å²) >= 11 is 1.03. The van der Waals surface area contributed by atoms with Crippen molar-refractivity contribution in [2.24, 2.45) is 0 Å². The van der Waals surface area contributed by atoms with Crippen LogP contribution in [0.5, 0.6) is 5.75 Å². The zero-order chi connectivity index (χ0) is 23.1. The van der Waals surface area contributed by atoms with Crippen molar-refractivity contribution in [3.63, 3.8) is 0 Å². The van der Waals surface area contributed by atoms with Gasteiger partial charge < -0.3 is 4.74 Å². The van der Waals surface area contributed by atoms with Crippen LogP contribution in [0.25, 0.3) is 22.0 Å². The Morgan fingerprint density at radius 2 is 1.81 bits per heavy atom. The van der Waals surface area contributed by atoms with Crippen LogP contribution < -0.4 is 9.46 Å². The van der Waals surface area contributed by atoms with Crippen LogP contribution in [0.1, 0.15) is 5.56 Å². The number of hydrogen-bond donors (Lipinski definition) is 1. The number of anilines is 1. The molecule has 0 bridgehead atoms. The smallest absolute Gasteiger partial charge is 0.416 e. The standard InChI is InChI=1S/C20H13F4N3O3S2/c1-30-17-8-11(20(22,23)24)2-3-13(17)12-4-5-25-16-10-18(15(21)9-14(12)16)32(28,29)27-19-26-6-7-31-19/h2-10H,1H3,(H,26,27). The molecule has 0 saturated carbocycles. The number of nitrogens with zero attached hydrogens (tertiary/aromatic N) is 2. The largest absolute Gasteiger partial charge is 0.496 e. The van der Waals surface area contributed by atoms with Crippen LogP contribution in [0.3, 0.4) is 0 Å². The average molecular weight is 483 g/mol. The number of thiazole rings is 1. The summed E-state index contributed by atoms with van der Waals surface area (Å²) in [5.74, 6) is -1.13. The Morgan fingerprint density at radius 1 is 1.03 bits per heavy atom. The Hall–Kier alpha value is -3.25. The second kappa shape index (κ2) is 8.02. The number of nitrogens with one attached hydrogen (secondary N) is 1. The lowest BCUT2D eigenvalue weighted by molar-refractivity contribution is -0.137. The first kappa shape index (κ1) is 22.0. The van der Waals surface area contributed by atoms with Gasteiger partial charge in [-0.1, -0.05) is 6.07 Å².